The minimum absolute atomic E-state index is 0.339. The van der Waals surface area contributed by atoms with E-state index in [9.17, 15) is 0 Å². The second-order valence-electron chi connectivity index (χ2n) is 5.29. The van der Waals surface area contributed by atoms with Crippen LogP contribution in [-0.4, -0.2) is 15.2 Å². The number of hydrogen-bond acceptors (Lipinski definition) is 6. The number of anilines is 3. The molecule has 0 unspecified atom stereocenters. The Balaban J connectivity index is 1.70. The first kappa shape index (κ1) is 15.4. The van der Waals surface area contributed by atoms with Crippen molar-refractivity contribution in [3.8, 4) is 6.07 Å². The molecule has 0 aliphatic carbocycles. The Labute approximate surface area is 140 Å². The molecule has 3 rings (SSSR count). The third kappa shape index (κ3) is 3.84. The number of aryl methyl sites for hydroxylation is 1. The molecule has 3 aromatic rings. The number of rotatable bonds is 5. The number of nitriles is 1. The summed E-state index contributed by atoms with van der Waals surface area (Å²) < 4.78 is 0. The average molecular weight is 316 g/mol. The Bertz CT molecular complexity index is 867. The maximum absolute atomic E-state index is 9.12. The zero-order chi connectivity index (χ0) is 16.8. The highest BCUT2D eigenvalue weighted by atomic mass is 15.3. The van der Waals surface area contributed by atoms with Crippen LogP contribution in [0.5, 0.6) is 0 Å². The van der Waals surface area contributed by atoms with E-state index in [2.05, 4.69) is 63.1 Å². The van der Waals surface area contributed by atoms with E-state index in [1.165, 1.54) is 5.56 Å². The summed E-state index contributed by atoms with van der Waals surface area (Å²) in [6, 6.07) is 17.6. The van der Waals surface area contributed by atoms with E-state index in [0.717, 1.165) is 5.56 Å². The number of para-hydroxylation sites is 1. The molecule has 2 aromatic carbocycles. The van der Waals surface area contributed by atoms with Gasteiger partial charge in [0.1, 0.15) is 6.07 Å². The number of nitrogens with one attached hydrogen (secondary N) is 2. The molecule has 0 spiro atoms. The summed E-state index contributed by atoms with van der Waals surface area (Å²) in [6.07, 6.45) is 1.57. The highest BCUT2D eigenvalue weighted by molar-refractivity contribution is 5.63. The van der Waals surface area contributed by atoms with Gasteiger partial charge in [0, 0.05) is 6.54 Å². The van der Waals surface area contributed by atoms with E-state index in [0.29, 0.717) is 29.6 Å². The van der Waals surface area contributed by atoms with Crippen LogP contribution in [0, 0.1) is 18.3 Å². The van der Waals surface area contributed by atoms with Crippen molar-refractivity contribution in [2.75, 3.05) is 10.6 Å². The molecule has 0 atom stereocenters. The standard InChI is InChI=1S/C18H16N6/c1-13-6-8-14(9-7-13)11-20-17-12-21-24-18(23-17)22-16-5-3-2-4-15(16)10-19/h2-9,12H,11H2,1H3,(H2,20,22,23,24). The average Bonchev–Trinajstić information content (AvgIpc) is 2.62. The van der Waals surface area contributed by atoms with Crippen molar-refractivity contribution >= 4 is 17.5 Å². The van der Waals surface area contributed by atoms with Gasteiger partial charge in [-0.2, -0.15) is 15.3 Å². The molecule has 0 saturated carbocycles. The van der Waals surface area contributed by atoms with Crippen LogP contribution in [0.3, 0.4) is 0 Å². The Hall–Kier alpha value is -3.46. The molecule has 0 aliphatic heterocycles. The quantitative estimate of drug-likeness (QED) is 0.750. The van der Waals surface area contributed by atoms with E-state index in [1.54, 1.807) is 18.3 Å². The first-order valence-corrected chi connectivity index (χ1v) is 7.50. The lowest BCUT2D eigenvalue weighted by molar-refractivity contribution is 0.965. The van der Waals surface area contributed by atoms with Gasteiger partial charge in [-0.05, 0) is 24.6 Å². The fourth-order valence-electron chi connectivity index (χ4n) is 2.15. The fourth-order valence-corrected chi connectivity index (χ4v) is 2.15. The molecule has 0 saturated heterocycles. The summed E-state index contributed by atoms with van der Waals surface area (Å²) in [6.45, 7) is 2.70. The number of aromatic nitrogens is 3. The van der Waals surface area contributed by atoms with E-state index in [-0.39, 0.29) is 0 Å². The summed E-state index contributed by atoms with van der Waals surface area (Å²) in [5.74, 6) is 0.953. The van der Waals surface area contributed by atoms with Gasteiger partial charge in [0.2, 0.25) is 5.95 Å². The van der Waals surface area contributed by atoms with Gasteiger partial charge in [0.15, 0.2) is 5.82 Å². The molecule has 24 heavy (non-hydrogen) atoms. The maximum Gasteiger partial charge on any atom is 0.249 e. The van der Waals surface area contributed by atoms with Crippen molar-refractivity contribution in [2.45, 2.75) is 13.5 Å². The van der Waals surface area contributed by atoms with Gasteiger partial charge < -0.3 is 10.6 Å². The lowest BCUT2D eigenvalue weighted by atomic mass is 10.1. The van der Waals surface area contributed by atoms with E-state index in [4.69, 9.17) is 5.26 Å². The zero-order valence-corrected chi connectivity index (χ0v) is 13.2. The molecule has 6 nitrogen and oxygen atoms in total. The van der Waals surface area contributed by atoms with Gasteiger partial charge >= 0.3 is 0 Å². The fraction of sp³-hybridized carbons (Fsp3) is 0.111. The Morgan fingerprint density at radius 1 is 1.08 bits per heavy atom. The maximum atomic E-state index is 9.12. The Morgan fingerprint density at radius 2 is 1.88 bits per heavy atom. The van der Waals surface area contributed by atoms with Crippen LogP contribution in [0.1, 0.15) is 16.7 Å². The van der Waals surface area contributed by atoms with Crippen LogP contribution in [0.15, 0.2) is 54.7 Å². The molecule has 6 heteroatoms. The second-order valence-corrected chi connectivity index (χ2v) is 5.29. The lowest BCUT2D eigenvalue weighted by Gasteiger charge is -2.08. The van der Waals surface area contributed by atoms with Crippen LogP contribution in [0.25, 0.3) is 0 Å². The summed E-state index contributed by atoms with van der Waals surface area (Å²) in [4.78, 5) is 4.37. The molecular weight excluding hydrogens is 300 g/mol. The lowest BCUT2D eigenvalue weighted by Crippen LogP contribution is -2.06. The Kier molecular flexibility index (Phi) is 4.63. The summed E-state index contributed by atoms with van der Waals surface area (Å²) in [7, 11) is 0. The monoisotopic (exact) mass is 316 g/mol. The third-order valence-electron chi connectivity index (χ3n) is 3.45. The minimum atomic E-state index is 0.339. The van der Waals surface area contributed by atoms with Crippen molar-refractivity contribution in [3.05, 3.63) is 71.4 Å². The highest BCUT2D eigenvalue weighted by Gasteiger charge is 2.05. The van der Waals surface area contributed by atoms with Gasteiger partial charge in [-0.3, -0.25) is 0 Å². The van der Waals surface area contributed by atoms with Crippen LogP contribution >= 0.6 is 0 Å². The first-order chi connectivity index (χ1) is 11.7. The Morgan fingerprint density at radius 3 is 2.67 bits per heavy atom. The largest absolute Gasteiger partial charge is 0.365 e. The van der Waals surface area contributed by atoms with Crippen molar-refractivity contribution in [1.82, 2.24) is 15.2 Å². The molecular formula is C18H16N6. The second kappa shape index (κ2) is 7.20. The van der Waals surface area contributed by atoms with Gasteiger partial charge in [-0.1, -0.05) is 42.0 Å². The number of nitrogens with zero attached hydrogens (tertiary/aromatic N) is 4. The van der Waals surface area contributed by atoms with Crippen LogP contribution in [-0.2, 0) is 6.54 Å². The van der Waals surface area contributed by atoms with E-state index in [1.807, 2.05) is 12.1 Å². The molecule has 1 aromatic heterocycles. The van der Waals surface area contributed by atoms with Crippen LogP contribution < -0.4 is 10.6 Å². The van der Waals surface area contributed by atoms with Gasteiger partial charge in [-0.15, -0.1) is 5.10 Å². The van der Waals surface area contributed by atoms with E-state index < -0.39 is 0 Å². The highest BCUT2D eigenvalue weighted by Crippen LogP contribution is 2.18. The normalized spacial score (nSPS) is 10.0. The molecule has 1 heterocycles. The predicted molar refractivity (Wildman–Crippen MR) is 92.8 cm³/mol. The summed E-state index contributed by atoms with van der Waals surface area (Å²) >= 11 is 0. The molecule has 0 fully saturated rings. The topological polar surface area (TPSA) is 86.5 Å². The molecule has 2 N–H and O–H groups in total. The van der Waals surface area contributed by atoms with Crippen molar-refractivity contribution in [2.24, 2.45) is 0 Å². The number of hydrogen-bond donors (Lipinski definition) is 2. The van der Waals surface area contributed by atoms with Crippen LogP contribution in [0.4, 0.5) is 17.5 Å². The molecule has 0 amide bonds. The molecule has 0 radical (unpaired) electrons. The summed E-state index contributed by atoms with van der Waals surface area (Å²) in [5, 5.41) is 23.3. The van der Waals surface area contributed by atoms with Crippen LogP contribution in [0.2, 0.25) is 0 Å². The smallest absolute Gasteiger partial charge is 0.249 e. The van der Waals surface area contributed by atoms with Crippen molar-refractivity contribution in [3.63, 3.8) is 0 Å². The molecule has 118 valence electrons. The van der Waals surface area contributed by atoms with Gasteiger partial charge in [0.25, 0.3) is 0 Å². The van der Waals surface area contributed by atoms with Gasteiger partial charge in [-0.25, -0.2) is 0 Å². The summed E-state index contributed by atoms with van der Waals surface area (Å²) in [5.41, 5.74) is 3.56. The van der Waals surface area contributed by atoms with E-state index >= 15 is 0 Å². The minimum Gasteiger partial charge on any atom is -0.365 e. The zero-order valence-electron chi connectivity index (χ0n) is 13.2. The molecule has 0 aliphatic rings. The number of benzene rings is 2. The first-order valence-electron chi connectivity index (χ1n) is 7.50. The third-order valence-corrected chi connectivity index (χ3v) is 3.45. The predicted octanol–water partition coefficient (Wildman–Crippen LogP) is 3.41. The van der Waals surface area contributed by atoms with Crippen molar-refractivity contribution in [1.29, 1.82) is 5.26 Å². The molecule has 0 bridgehead atoms. The van der Waals surface area contributed by atoms with Gasteiger partial charge in [0.05, 0.1) is 17.4 Å². The van der Waals surface area contributed by atoms with Crippen molar-refractivity contribution < 1.29 is 0 Å². The SMILES string of the molecule is Cc1ccc(CNc2cnnc(Nc3ccccc3C#N)n2)cc1.